The van der Waals surface area contributed by atoms with Crippen molar-refractivity contribution in [2.45, 2.75) is 70.4 Å². The molecule has 2 heteroatoms. The van der Waals surface area contributed by atoms with Crippen LogP contribution in [0.3, 0.4) is 0 Å². The summed E-state index contributed by atoms with van der Waals surface area (Å²) in [6.45, 7) is 3.39. The van der Waals surface area contributed by atoms with E-state index in [9.17, 15) is 0 Å². The summed E-state index contributed by atoms with van der Waals surface area (Å²) < 4.78 is 6.24. The lowest BCUT2D eigenvalue weighted by Crippen LogP contribution is -2.37. The Balaban J connectivity index is 1.42. The number of hydrogen-bond acceptors (Lipinski definition) is 2. The van der Waals surface area contributed by atoms with Gasteiger partial charge in [0.1, 0.15) is 11.9 Å². The second-order valence-electron chi connectivity index (χ2n) is 7.62. The Morgan fingerprint density at radius 3 is 2.81 bits per heavy atom. The monoisotopic (exact) mass is 285 g/mol. The van der Waals surface area contributed by atoms with Crippen LogP contribution in [-0.4, -0.2) is 18.7 Å². The van der Waals surface area contributed by atoms with E-state index in [4.69, 9.17) is 4.74 Å². The van der Waals surface area contributed by atoms with Crippen LogP contribution < -0.4 is 10.1 Å². The molecule has 2 saturated carbocycles. The third kappa shape index (κ3) is 2.96. The lowest BCUT2D eigenvalue weighted by molar-refractivity contribution is 0.134. The Morgan fingerprint density at radius 2 is 2.05 bits per heavy atom. The summed E-state index contributed by atoms with van der Waals surface area (Å²) in [5.74, 6) is 1.13. The van der Waals surface area contributed by atoms with Crippen molar-refractivity contribution >= 4 is 0 Å². The van der Waals surface area contributed by atoms with E-state index in [1.165, 1.54) is 62.6 Å². The van der Waals surface area contributed by atoms with Crippen LogP contribution in [-0.2, 0) is 6.42 Å². The first kappa shape index (κ1) is 13.6. The molecule has 0 saturated heterocycles. The molecule has 0 amide bonds. The molecule has 1 N–H and O–H groups in total. The molecule has 0 spiro atoms. The van der Waals surface area contributed by atoms with Gasteiger partial charge in [-0.05, 0) is 56.1 Å². The zero-order valence-electron chi connectivity index (χ0n) is 13.2. The molecule has 21 heavy (non-hydrogen) atoms. The zero-order valence-corrected chi connectivity index (χ0v) is 13.2. The number of fused-ring (bicyclic) bond motifs is 1. The molecular weight excluding hydrogens is 258 g/mol. The first-order chi connectivity index (χ1) is 10.2. The first-order valence-corrected chi connectivity index (χ1v) is 8.72. The van der Waals surface area contributed by atoms with Crippen LogP contribution >= 0.6 is 0 Å². The molecule has 1 aromatic carbocycles. The summed E-state index contributed by atoms with van der Waals surface area (Å²) >= 11 is 0. The SMILES string of the molecule is Cc1ccc2c(c1)CC(CC1(CNC3CC3)CCCC1)O2. The van der Waals surface area contributed by atoms with Gasteiger partial charge < -0.3 is 10.1 Å². The molecule has 2 fully saturated rings. The topological polar surface area (TPSA) is 21.3 Å². The maximum absolute atomic E-state index is 6.24. The van der Waals surface area contributed by atoms with Crippen LogP contribution in [0.2, 0.25) is 0 Å². The maximum atomic E-state index is 6.24. The van der Waals surface area contributed by atoms with Crippen LogP contribution in [0.5, 0.6) is 5.75 Å². The molecule has 1 atom stereocenters. The number of benzene rings is 1. The van der Waals surface area contributed by atoms with E-state index in [1.54, 1.807) is 0 Å². The van der Waals surface area contributed by atoms with Gasteiger partial charge in [-0.1, -0.05) is 30.5 Å². The summed E-state index contributed by atoms with van der Waals surface area (Å²) in [6, 6.07) is 7.46. The summed E-state index contributed by atoms with van der Waals surface area (Å²) in [5, 5.41) is 3.79. The average molecular weight is 285 g/mol. The van der Waals surface area contributed by atoms with Crippen LogP contribution in [0.4, 0.5) is 0 Å². The van der Waals surface area contributed by atoms with Gasteiger partial charge in [0, 0.05) is 19.0 Å². The molecule has 0 bridgehead atoms. The molecule has 0 radical (unpaired) electrons. The number of hydrogen-bond donors (Lipinski definition) is 1. The van der Waals surface area contributed by atoms with Crippen molar-refractivity contribution in [3.63, 3.8) is 0 Å². The van der Waals surface area contributed by atoms with Crippen molar-refractivity contribution in [1.82, 2.24) is 5.32 Å². The highest BCUT2D eigenvalue weighted by molar-refractivity contribution is 5.40. The lowest BCUT2D eigenvalue weighted by atomic mass is 9.79. The average Bonchev–Trinajstić information content (AvgIpc) is 3.05. The fourth-order valence-electron chi connectivity index (χ4n) is 4.27. The van der Waals surface area contributed by atoms with Crippen molar-refractivity contribution in [1.29, 1.82) is 0 Å². The molecule has 3 aliphatic rings. The Kier molecular flexibility index (Phi) is 3.45. The smallest absolute Gasteiger partial charge is 0.123 e. The molecule has 2 aliphatic carbocycles. The van der Waals surface area contributed by atoms with Gasteiger partial charge in [0.15, 0.2) is 0 Å². The summed E-state index contributed by atoms with van der Waals surface area (Å²) in [4.78, 5) is 0. The lowest BCUT2D eigenvalue weighted by Gasteiger charge is -2.32. The number of ether oxygens (including phenoxy) is 1. The number of nitrogens with one attached hydrogen (secondary N) is 1. The standard InChI is InChI=1S/C19H27NO/c1-14-4-7-18-15(10-14)11-17(21-18)12-19(8-2-3-9-19)13-20-16-5-6-16/h4,7,10,16-17,20H,2-3,5-6,8-9,11-13H2,1H3. The van der Waals surface area contributed by atoms with E-state index in [0.29, 0.717) is 11.5 Å². The number of rotatable bonds is 5. The summed E-state index contributed by atoms with van der Waals surface area (Å²) in [5.41, 5.74) is 3.27. The second kappa shape index (κ2) is 5.31. The van der Waals surface area contributed by atoms with E-state index in [2.05, 4.69) is 30.4 Å². The minimum atomic E-state index is 0.404. The highest BCUT2D eigenvalue weighted by Crippen LogP contribution is 2.44. The molecule has 4 rings (SSSR count). The molecular formula is C19H27NO. The predicted octanol–water partition coefficient (Wildman–Crippen LogP) is 4.00. The van der Waals surface area contributed by atoms with E-state index in [-0.39, 0.29) is 0 Å². The summed E-state index contributed by atoms with van der Waals surface area (Å²) in [6.07, 6.45) is 11.1. The highest BCUT2D eigenvalue weighted by Gasteiger charge is 2.39. The van der Waals surface area contributed by atoms with Gasteiger partial charge in [0.05, 0.1) is 0 Å². The fraction of sp³-hybridized carbons (Fsp3) is 0.684. The van der Waals surface area contributed by atoms with Gasteiger partial charge in [-0.15, -0.1) is 0 Å². The minimum absolute atomic E-state index is 0.404. The molecule has 1 unspecified atom stereocenters. The summed E-state index contributed by atoms with van der Waals surface area (Å²) in [7, 11) is 0. The van der Waals surface area contributed by atoms with Crippen LogP contribution in [0.25, 0.3) is 0 Å². The van der Waals surface area contributed by atoms with E-state index in [1.807, 2.05) is 0 Å². The molecule has 1 aliphatic heterocycles. The first-order valence-electron chi connectivity index (χ1n) is 8.72. The van der Waals surface area contributed by atoms with Crippen molar-refractivity contribution < 1.29 is 4.74 Å². The van der Waals surface area contributed by atoms with Gasteiger partial charge >= 0.3 is 0 Å². The van der Waals surface area contributed by atoms with Gasteiger partial charge in [-0.2, -0.15) is 0 Å². The Hall–Kier alpha value is -1.02. The zero-order chi connectivity index (χ0) is 14.3. The quantitative estimate of drug-likeness (QED) is 0.883. The maximum Gasteiger partial charge on any atom is 0.123 e. The van der Waals surface area contributed by atoms with Crippen molar-refractivity contribution in [2.24, 2.45) is 5.41 Å². The molecule has 114 valence electrons. The van der Waals surface area contributed by atoms with Crippen LogP contribution in [0.1, 0.15) is 56.1 Å². The molecule has 1 heterocycles. The largest absolute Gasteiger partial charge is 0.490 e. The fourth-order valence-corrected chi connectivity index (χ4v) is 4.27. The van der Waals surface area contributed by atoms with Gasteiger partial charge in [0.25, 0.3) is 0 Å². The Morgan fingerprint density at radius 1 is 1.24 bits per heavy atom. The molecule has 0 aromatic heterocycles. The van der Waals surface area contributed by atoms with Crippen molar-refractivity contribution in [3.8, 4) is 5.75 Å². The van der Waals surface area contributed by atoms with E-state index < -0.39 is 0 Å². The van der Waals surface area contributed by atoms with Gasteiger partial charge in [-0.3, -0.25) is 0 Å². The normalized spacial score (nSPS) is 26.6. The third-order valence-corrected chi connectivity index (χ3v) is 5.63. The third-order valence-electron chi connectivity index (χ3n) is 5.63. The highest BCUT2D eigenvalue weighted by atomic mass is 16.5. The van der Waals surface area contributed by atoms with E-state index >= 15 is 0 Å². The predicted molar refractivity (Wildman–Crippen MR) is 85.8 cm³/mol. The molecule has 2 nitrogen and oxygen atoms in total. The van der Waals surface area contributed by atoms with Crippen molar-refractivity contribution in [2.75, 3.05) is 6.54 Å². The Bertz CT molecular complexity index is 514. The van der Waals surface area contributed by atoms with Crippen LogP contribution in [0.15, 0.2) is 18.2 Å². The second-order valence-corrected chi connectivity index (χ2v) is 7.62. The van der Waals surface area contributed by atoms with Gasteiger partial charge in [0.2, 0.25) is 0 Å². The van der Waals surface area contributed by atoms with Gasteiger partial charge in [-0.25, -0.2) is 0 Å². The molecule has 1 aromatic rings. The van der Waals surface area contributed by atoms with Crippen LogP contribution in [0, 0.1) is 12.3 Å². The van der Waals surface area contributed by atoms with E-state index in [0.717, 1.165) is 18.2 Å². The number of aryl methyl sites for hydroxylation is 1. The van der Waals surface area contributed by atoms with Crippen molar-refractivity contribution in [3.05, 3.63) is 29.3 Å². The minimum Gasteiger partial charge on any atom is -0.490 e. The Labute approximate surface area is 128 Å².